The van der Waals surface area contributed by atoms with Crippen molar-refractivity contribution in [1.29, 1.82) is 0 Å². The Morgan fingerprint density at radius 1 is 1.38 bits per heavy atom. The van der Waals surface area contributed by atoms with Gasteiger partial charge in [-0.05, 0) is 32.9 Å². The molecular formula is C15H20N4O2. The van der Waals surface area contributed by atoms with Gasteiger partial charge in [-0.3, -0.25) is 9.67 Å². The van der Waals surface area contributed by atoms with Gasteiger partial charge in [0.05, 0.1) is 24.1 Å². The van der Waals surface area contributed by atoms with Crippen molar-refractivity contribution in [3.05, 3.63) is 36.3 Å². The molecule has 0 atom stereocenters. The number of alkyl carbamates (subject to hydrolysis) is 1. The molecule has 112 valence electrons. The summed E-state index contributed by atoms with van der Waals surface area (Å²) in [4.78, 5) is 16.1. The fourth-order valence-corrected chi connectivity index (χ4v) is 1.77. The predicted octanol–water partition coefficient (Wildman–Crippen LogP) is 2.51. The van der Waals surface area contributed by atoms with E-state index in [-0.39, 0.29) is 0 Å². The summed E-state index contributed by atoms with van der Waals surface area (Å²) in [6.45, 7) is 5.80. The maximum Gasteiger partial charge on any atom is 0.407 e. The molecule has 0 aliphatic carbocycles. The zero-order valence-electron chi connectivity index (χ0n) is 12.8. The largest absolute Gasteiger partial charge is 0.444 e. The van der Waals surface area contributed by atoms with E-state index in [0.29, 0.717) is 6.54 Å². The third-order valence-electron chi connectivity index (χ3n) is 2.62. The van der Waals surface area contributed by atoms with E-state index < -0.39 is 11.7 Å². The third-order valence-corrected chi connectivity index (χ3v) is 2.62. The molecule has 0 saturated carbocycles. The molecule has 0 saturated heterocycles. The van der Waals surface area contributed by atoms with Crippen LogP contribution in [0.3, 0.4) is 0 Å². The summed E-state index contributed by atoms with van der Waals surface area (Å²) in [7, 11) is 1.86. The van der Waals surface area contributed by atoms with Crippen LogP contribution in [0.1, 0.15) is 26.5 Å². The van der Waals surface area contributed by atoms with Crippen molar-refractivity contribution >= 4 is 6.09 Å². The number of nitrogens with one attached hydrogen (secondary N) is 1. The van der Waals surface area contributed by atoms with Crippen LogP contribution in [0.15, 0.2) is 30.6 Å². The molecule has 1 amide bonds. The highest BCUT2D eigenvalue weighted by atomic mass is 16.6. The van der Waals surface area contributed by atoms with Gasteiger partial charge < -0.3 is 10.1 Å². The Hall–Kier alpha value is -2.37. The van der Waals surface area contributed by atoms with Gasteiger partial charge in [-0.1, -0.05) is 6.07 Å². The van der Waals surface area contributed by atoms with Crippen LogP contribution in [0.25, 0.3) is 11.3 Å². The van der Waals surface area contributed by atoms with Crippen LogP contribution in [-0.2, 0) is 18.3 Å². The minimum Gasteiger partial charge on any atom is -0.444 e. The molecule has 0 aliphatic heterocycles. The van der Waals surface area contributed by atoms with Gasteiger partial charge in [0, 0.05) is 18.8 Å². The Morgan fingerprint density at radius 2 is 2.14 bits per heavy atom. The zero-order chi connectivity index (χ0) is 15.5. The summed E-state index contributed by atoms with van der Waals surface area (Å²) >= 11 is 0. The minimum absolute atomic E-state index is 0.322. The molecule has 2 heterocycles. The molecule has 0 aliphatic rings. The molecule has 6 heteroatoms. The normalized spacial score (nSPS) is 11.2. The second kappa shape index (κ2) is 5.95. The Morgan fingerprint density at radius 3 is 2.76 bits per heavy atom. The minimum atomic E-state index is -0.505. The number of aromatic nitrogens is 3. The SMILES string of the molecule is Cn1cc(-c2cccc(CNC(=O)OC(C)(C)C)n2)cn1. The van der Waals surface area contributed by atoms with Crippen molar-refractivity contribution in [1.82, 2.24) is 20.1 Å². The summed E-state index contributed by atoms with van der Waals surface area (Å²) in [6, 6.07) is 5.67. The van der Waals surface area contributed by atoms with E-state index >= 15 is 0 Å². The molecule has 0 bridgehead atoms. The summed E-state index contributed by atoms with van der Waals surface area (Å²) < 4.78 is 6.91. The maximum atomic E-state index is 11.6. The van der Waals surface area contributed by atoms with E-state index in [4.69, 9.17) is 4.74 Å². The second-order valence-corrected chi connectivity index (χ2v) is 5.77. The summed E-state index contributed by atoms with van der Waals surface area (Å²) in [5.41, 5.74) is 2.03. The van der Waals surface area contributed by atoms with Crippen LogP contribution in [0.5, 0.6) is 0 Å². The van der Waals surface area contributed by atoms with Crippen molar-refractivity contribution in [2.45, 2.75) is 32.9 Å². The number of aryl methyl sites for hydroxylation is 1. The number of amides is 1. The first-order valence-corrected chi connectivity index (χ1v) is 6.75. The average Bonchev–Trinajstić information content (AvgIpc) is 2.82. The second-order valence-electron chi connectivity index (χ2n) is 5.77. The standard InChI is InChI=1S/C15H20N4O2/c1-15(2,3)21-14(20)16-9-12-6-5-7-13(18-12)11-8-17-19(4)10-11/h5-8,10H,9H2,1-4H3,(H,16,20). The number of hydrogen-bond acceptors (Lipinski definition) is 4. The van der Waals surface area contributed by atoms with Crippen molar-refractivity contribution in [3.8, 4) is 11.3 Å². The van der Waals surface area contributed by atoms with E-state index in [1.807, 2.05) is 52.2 Å². The van der Waals surface area contributed by atoms with Gasteiger partial charge in [0.1, 0.15) is 5.60 Å². The quantitative estimate of drug-likeness (QED) is 0.942. The third kappa shape index (κ3) is 4.59. The molecule has 1 N–H and O–H groups in total. The maximum absolute atomic E-state index is 11.6. The number of rotatable bonds is 3. The lowest BCUT2D eigenvalue weighted by Gasteiger charge is -2.19. The highest BCUT2D eigenvalue weighted by Gasteiger charge is 2.15. The first-order chi connectivity index (χ1) is 9.83. The van der Waals surface area contributed by atoms with Gasteiger partial charge in [0.15, 0.2) is 0 Å². The molecule has 2 aromatic heterocycles. The zero-order valence-corrected chi connectivity index (χ0v) is 12.8. The first-order valence-electron chi connectivity index (χ1n) is 6.75. The predicted molar refractivity (Wildman–Crippen MR) is 79.5 cm³/mol. The fourth-order valence-electron chi connectivity index (χ4n) is 1.77. The molecule has 2 aromatic rings. The average molecular weight is 288 g/mol. The number of nitrogens with zero attached hydrogens (tertiary/aromatic N) is 3. The fraction of sp³-hybridized carbons (Fsp3) is 0.400. The lowest BCUT2D eigenvalue weighted by atomic mass is 10.2. The summed E-state index contributed by atoms with van der Waals surface area (Å²) in [5, 5.41) is 6.82. The van der Waals surface area contributed by atoms with Crippen molar-refractivity contribution < 1.29 is 9.53 Å². The van der Waals surface area contributed by atoms with Gasteiger partial charge >= 0.3 is 6.09 Å². The van der Waals surface area contributed by atoms with Crippen molar-refractivity contribution in [2.75, 3.05) is 0 Å². The molecule has 0 fully saturated rings. The highest BCUT2D eigenvalue weighted by molar-refractivity contribution is 5.67. The number of carbonyl (C=O) groups excluding carboxylic acids is 1. The van der Waals surface area contributed by atoms with E-state index in [0.717, 1.165) is 17.0 Å². The lowest BCUT2D eigenvalue weighted by Crippen LogP contribution is -2.32. The van der Waals surface area contributed by atoms with Crippen LogP contribution in [0.2, 0.25) is 0 Å². The Kier molecular flexibility index (Phi) is 4.26. The molecule has 21 heavy (non-hydrogen) atoms. The summed E-state index contributed by atoms with van der Waals surface area (Å²) in [6.07, 6.45) is 3.21. The topological polar surface area (TPSA) is 69.0 Å². The van der Waals surface area contributed by atoms with Crippen LogP contribution in [0.4, 0.5) is 4.79 Å². The van der Waals surface area contributed by atoms with Crippen LogP contribution >= 0.6 is 0 Å². The van der Waals surface area contributed by atoms with Crippen LogP contribution in [0, 0.1) is 0 Å². The lowest BCUT2D eigenvalue weighted by molar-refractivity contribution is 0.0523. The monoisotopic (exact) mass is 288 g/mol. The highest BCUT2D eigenvalue weighted by Crippen LogP contribution is 2.15. The number of ether oxygens (including phenoxy) is 1. The number of carbonyl (C=O) groups is 1. The van der Waals surface area contributed by atoms with E-state index in [2.05, 4.69) is 15.4 Å². The Bertz CT molecular complexity index is 629. The van der Waals surface area contributed by atoms with Gasteiger partial charge in [-0.25, -0.2) is 4.79 Å². The first kappa shape index (κ1) is 15.0. The summed E-state index contributed by atoms with van der Waals surface area (Å²) in [5.74, 6) is 0. The molecule has 2 rings (SSSR count). The van der Waals surface area contributed by atoms with E-state index in [1.54, 1.807) is 10.9 Å². The molecular weight excluding hydrogens is 268 g/mol. The number of pyridine rings is 1. The van der Waals surface area contributed by atoms with E-state index in [1.165, 1.54) is 0 Å². The van der Waals surface area contributed by atoms with Gasteiger partial charge in [-0.2, -0.15) is 5.10 Å². The van der Waals surface area contributed by atoms with Gasteiger partial charge in [0.25, 0.3) is 0 Å². The van der Waals surface area contributed by atoms with Crippen LogP contribution in [-0.4, -0.2) is 26.5 Å². The van der Waals surface area contributed by atoms with Crippen molar-refractivity contribution in [3.63, 3.8) is 0 Å². The number of hydrogen-bond donors (Lipinski definition) is 1. The van der Waals surface area contributed by atoms with Gasteiger partial charge in [0.2, 0.25) is 0 Å². The van der Waals surface area contributed by atoms with Gasteiger partial charge in [-0.15, -0.1) is 0 Å². The molecule has 6 nitrogen and oxygen atoms in total. The molecule has 0 spiro atoms. The van der Waals surface area contributed by atoms with Crippen LogP contribution < -0.4 is 5.32 Å². The smallest absolute Gasteiger partial charge is 0.407 e. The van der Waals surface area contributed by atoms with E-state index in [9.17, 15) is 4.79 Å². The molecule has 0 aromatic carbocycles. The molecule has 0 unspecified atom stereocenters. The Labute approximate surface area is 124 Å². The Balaban J connectivity index is 2.00. The molecule has 0 radical (unpaired) electrons. The van der Waals surface area contributed by atoms with Crippen molar-refractivity contribution in [2.24, 2.45) is 7.05 Å².